The molecule has 0 saturated heterocycles. The van der Waals surface area contributed by atoms with Crippen LogP contribution in [0.25, 0.3) is 0 Å². The Hall–Kier alpha value is -3.04. The highest BCUT2D eigenvalue weighted by Gasteiger charge is 2.74. The smallest absolute Gasteiger partial charge is 0.443 e. The van der Waals surface area contributed by atoms with Crippen LogP contribution in [-0.4, -0.2) is 36.9 Å². The fourth-order valence-electron chi connectivity index (χ4n) is 2.43. The van der Waals surface area contributed by atoms with Crippen LogP contribution < -0.4 is 4.74 Å². The van der Waals surface area contributed by atoms with Crippen LogP contribution in [0.1, 0.15) is 11.1 Å². The molecule has 0 spiro atoms. The van der Waals surface area contributed by atoms with Crippen LogP contribution in [0, 0.1) is 0 Å². The Morgan fingerprint density at radius 3 is 1.64 bits per heavy atom. The molecule has 0 unspecified atom stereocenters. The second kappa shape index (κ2) is 6.84. The summed E-state index contributed by atoms with van der Waals surface area (Å²) in [6, 6.07) is 12.2. The molecule has 0 atom stereocenters. The Kier molecular flexibility index (Phi) is 4.82. The van der Waals surface area contributed by atoms with E-state index in [1.807, 2.05) is 0 Å². The van der Waals surface area contributed by atoms with E-state index in [2.05, 4.69) is 9.98 Å². The van der Waals surface area contributed by atoms with Crippen LogP contribution in [0.3, 0.4) is 0 Å². The molecule has 0 radical (unpaired) electrons. The second-order valence-corrected chi connectivity index (χ2v) is 5.70. The van der Waals surface area contributed by atoms with Crippen molar-refractivity contribution in [2.45, 2.75) is 18.0 Å². The van der Waals surface area contributed by atoms with Crippen LogP contribution in [0.2, 0.25) is 0 Å². The maximum Gasteiger partial charge on any atom is 0.443 e. The molecule has 10 heteroatoms. The summed E-state index contributed by atoms with van der Waals surface area (Å²) >= 11 is 0. The van der Waals surface area contributed by atoms with Gasteiger partial charge in [0.25, 0.3) is 0 Å². The number of hydrogen-bond donors (Lipinski definition) is 0. The summed E-state index contributed by atoms with van der Waals surface area (Å²) in [6.45, 7) is 0. The first-order valence-electron chi connectivity index (χ1n) is 7.78. The lowest BCUT2D eigenvalue weighted by atomic mass is 10.1. The Balaban J connectivity index is 2.21. The minimum Gasteiger partial charge on any atom is -0.497 e. The highest BCUT2D eigenvalue weighted by molar-refractivity contribution is 6.08. The quantitative estimate of drug-likeness (QED) is 0.697. The van der Waals surface area contributed by atoms with Gasteiger partial charge in [-0.2, -0.15) is 26.3 Å². The topological polar surface area (TPSA) is 43.2 Å². The molecule has 2 aromatic rings. The Labute approximate surface area is 155 Å². The van der Waals surface area contributed by atoms with Gasteiger partial charge in [0, 0.05) is 11.1 Å². The molecule has 28 heavy (non-hydrogen) atoms. The summed E-state index contributed by atoms with van der Waals surface area (Å²) in [6.07, 6.45) is -11.7. The van der Waals surface area contributed by atoms with Gasteiger partial charge >= 0.3 is 18.0 Å². The molecule has 4 nitrogen and oxygen atoms in total. The van der Waals surface area contributed by atoms with Gasteiger partial charge in [0.05, 0.1) is 7.11 Å². The van der Waals surface area contributed by atoms with Gasteiger partial charge in [-0.15, -0.1) is 0 Å². The molecule has 148 valence electrons. The fraction of sp³-hybridized carbons (Fsp3) is 0.222. The van der Waals surface area contributed by atoms with Crippen molar-refractivity contribution in [3.05, 3.63) is 65.7 Å². The van der Waals surface area contributed by atoms with Gasteiger partial charge in [0.2, 0.25) is 11.8 Å². The molecule has 0 aliphatic carbocycles. The van der Waals surface area contributed by atoms with Gasteiger partial charge in [-0.3, -0.25) is 0 Å². The van der Waals surface area contributed by atoms with Crippen molar-refractivity contribution in [2.75, 3.05) is 7.11 Å². The van der Waals surface area contributed by atoms with Gasteiger partial charge in [-0.05, 0) is 36.4 Å². The highest BCUT2D eigenvalue weighted by atomic mass is 19.4. The summed E-state index contributed by atoms with van der Waals surface area (Å²) in [5.74, 6) is -1.34. The zero-order chi connectivity index (χ0) is 20.6. The third kappa shape index (κ3) is 3.41. The van der Waals surface area contributed by atoms with Crippen LogP contribution in [-0.2, 0) is 4.74 Å². The molecule has 1 aliphatic heterocycles. The van der Waals surface area contributed by atoms with E-state index < -0.39 is 29.8 Å². The summed E-state index contributed by atoms with van der Waals surface area (Å²) < 4.78 is 91.6. The number of nitrogens with zero attached hydrogens (tertiary/aromatic N) is 2. The first-order valence-corrected chi connectivity index (χ1v) is 7.78. The average Bonchev–Trinajstić information content (AvgIpc) is 2.66. The molecule has 0 amide bonds. The first-order chi connectivity index (χ1) is 13.1. The van der Waals surface area contributed by atoms with Crippen molar-refractivity contribution >= 4 is 11.8 Å². The number of rotatable bonds is 3. The van der Waals surface area contributed by atoms with Crippen molar-refractivity contribution < 1.29 is 35.8 Å². The van der Waals surface area contributed by atoms with E-state index >= 15 is 0 Å². The normalized spacial score (nSPS) is 16.7. The largest absolute Gasteiger partial charge is 0.497 e. The SMILES string of the molecule is COc1ccc(C2=NC(C(F)(F)F)(C(F)(F)F)N=C(c3ccccc3)O2)cc1. The van der Waals surface area contributed by atoms with E-state index in [0.29, 0.717) is 5.75 Å². The summed E-state index contributed by atoms with van der Waals surface area (Å²) in [5.41, 5.74) is -4.83. The zero-order valence-corrected chi connectivity index (χ0v) is 14.2. The molecule has 1 aliphatic rings. The monoisotopic (exact) mass is 402 g/mol. The first kappa shape index (κ1) is 19.7. The number of aliphatic imine (C=N–C) groups is 2. The lowest BCUT2D eigenvalue weighted by Gasteiger charge is -2.34. The van der Waals surface area contributed by atoms with Crippen molar-refractivity contribution in [1.29, 1.82) is 0 Å². The molecule has 3 rings (SSSR count). The number of halogens is 6. The highest BCUT2D eigenvalue weighted by Crippen LogP contribution is 2.49. The maximum absolute atomic E-state index is 13.6. The third-order valence-corrected chi connectivity index (χ3v) is 3.87. The van der Waals surface area contributed by atoms with Crippen molar-refractivity contribution in [3.63, 3.8) is 0 Å². The van der Waals surface area contributed by atoms with E-state index in [9.17, 15) is 26.3 Å². The van der Waals surface area contributed by atoms with E-state index in [1.54, 1.807) is 6.07 Å². The molecular weight excluding hydrogens is 390 g/mol. The molecular formula is C18H12F6N2O2. The summed E-state index contributed by atoms with van der Waals surface area (Å²) in [4.78, 5) is 5.74. The van der Waals surface area contributed by atoms with Gasteiger partial charge in [-0.1, -0.05) is 18.2 Å². The maximum atomic E-state index is 13.6. The minimum absolute atomic E-state index is 0.0544. The molecule has 1 heterocycles. The van der Waals surface area contributed by atoms with Crippen molar-refractivity contribution in [2.24, 2.45) is 9.98 Å². The average molecular weight is 402 g/mol. The minimum atomic E-state index is -5.84. The number of hydrogen-bond acceptors (Lipinski definition) is 4. The van der Waals surface area contributed by atoms with Crippen LogP contribution in [0.15, 0.2) is 64.6 Å². The number of alkyl halides is 6. The Morgan fingerprint density at radius 1 is 0.750 bits per heavy atom. The lowest BCUT2D eigenvalue weighted by molar-refractivity contribution is -0.293. The van der Waals surface area contributed by atoms with Gasteiger partial charge in [-0.25, -0.2) is 9.98 Å². The standard InChI is InChI=1S/C18H12F6N2O2/c1-27-13-9-7-12(8-10-13)15-26-16(17(19,20)21,18(22,23)24)25-14(28-15)11-5-3-2-4-6-11/h2-10H,1H3. The number of benzene rings is 2. The molecule has 2 aromatic carbocycles. The van der Waals surface area contributed by atoms with Gasteiger partial charge in [0.15, 0.2) is 0 Å². The van der Waals surface area contributed by atoms with Crippen molar-refractivity contribution in [1.82, 2.24) is 0 Å². The Bertz CT molecular complexity index is 888. The summed E-state index contributed by atoms with van der Waals surface area (Å²) in [5, 5.41) is 0. The van der Waals surface area contributed by atoms with Crippen LogP contribution in [0.4, 0.5) is 26.3 Å². The molecule has 0 saturated carbocycles. The molecule has 0 N–H and O–H groups in total. The van der Waals surface area contributed by atoms with Gasteiger partial charge in [0.1, 0.15) is 5.75 Å². The number of ether oxygens (including phenoxy) is 2. The van der Waals surface area contributed by atoms with E-state index in [1.165, 1.54) is 55.6 Å². The molecule has 0 aromatic heterocycles. The summed E-state index contributed by atoms with van der Waals surface area (Å²) in [7, 11) is 1.36. The zero-order valence-electron chi connectivity index (χ0n) is 14.2. The van der Waals surface area contributed by atoms with Gasteiger partial charge < -0.3 is 9.47 Å². The second-order valence-electron chi connectivity index (χ2n) is 5.70. The fourth-order valence-corrected chi connectivity index (χ4v) is 2.43. The van der Waals surface area contributed by atoms with Crippen LogP contribution in [0.5, 0.6) is 5.75 Å². The predicted molar refractivity (Wildman–Crippen MR) is 88.4 cm³/mol. The lowest BCUT2D eigenvalue weighted by Crippen LogP contribution is -2.56. The predicted octanol–water partition coefficient (Wildman–Crippen LogP) is 4.74. The van der Waals surface area contributed by atoms with Crippen molar-refractivity contribution in [3.8, 4) is 5.75 Å². The Morgan fingerprint density at radius 2 is 1.21 bits per heavy atom. The van der Waals surface area contributed by atoms with E-state index in [4.69, 9.17) is 9.47 Å². The molecule has 0 fully saturated rings. The number of methoxy groups -OCH3 is 1. The van der Waals surface area contributed by atoms with E-state index in [0.717, 1.165) is 0 Å². The molecule has 0 bridgehead atoms. The van der Waals surface area contributed by atoms with Crippen LogP contribution >= 0.6 is 0 Å². The third-order valence-electron chi connectivity index (χ3n) is 3.87. The van der Waals surface area contributed by atoms with E-state index in [-0.39, 0.29) is 11.1 Å².